The van der Waals surface area contributed by atoms with Gasteiger partial charge in [-0.2, -0.15) is 8.78 Å². The highest BCUT2D eigenvalue weighted by Gasteiger charge is 2.31. The molecule has 3 heterocycles. The molecule has 1 aromatic carbocycles. The molecule has 13 heteroatoms. The summed E-state index contributed by atoms with van der Waals surface area (Å²) >= 11 is 0. The molecule has 186 valence electrons. The molecule has 35 heavy (non-hydrogen) atoms. The maximum atomic E-state index is 13.4. The van der Waals surface area contributed by atoms with Crippen LogP contribution in [0.4, 0.5) is 14.5 Å². The maximum absolute atomic E-state index is 13.4. The van der Waals surface area contributed by atoms with E-state index in [0.717, 1.165) is 6.42 Å². The number of hydrogen-bond donors (Lipinski definition) is 1. The summed E-state index contributed by atoms with van der Waals surface area (Å²) in [5.74, 6) is -1.56. The highest BCUT2D eigenvalue weighted by molar-refractivity contribution is 7.92. The molecular weight excluding hydrogens is 482 g/mol. The zero-order valence-electron chi connectivity index (χ0n) is 18.6. The second-order valence-electron chi connectivity index (χ2n) is 8.04. The van der Waals surface area contributed by atoms with Gasteiger partial charge in [-0.1, -0.05) is 18.2 Å². The summed E-state index contributed by atoms with van der Waals surface area (Å²) < 4.78 is 58.3. The number of alkyl halides is 2. The van der Waals surface area contributed by atoms with E-state index >= 15 is 0 Å². The van der Waals surface area contributed by atoms with Crippen molar-refractivity contribution >= 4 is 21.6 Å². The third kappa shape index (κ3) is 5.80. The van der Waals surface area contributed by atoms with Gasteiger partial charge in [0, 0.05) is 12.7 Å². The van der Waals surface area contributed by atoms with E-state index in [1.807, 2.05) is 0 Å². The first-order valence-corrected chi connectivity index (χ1v) is 12.5. The predicted molar refractivity (Wildman–Crippen MR) is 123 cm³/mol. The van der Waals surface area contributed by atoms with E-state index < -0.39 is 34.3 Å². The third-order valence-electron chi connectivity index (χ3n) is 5.71. The summed E-state index contributed by atoms with van der Waals surface area (Å²) in [4.78, 5) is 17.7. The number of hydrogen-bond acceptors (Lipinski definition) is 8. The fourth-order valence-electron chi connectivity index (χ4n) is 3.93. The number of pyridine rings is 1. The molecule has 1 saturated heterocycles. The molecule has 1 amide bonds. The fourth-order valence-corrected chi connectivity index (χ4v) is 5.39. The van der Waals surface area contributed by atoms with Crippen molar-refractivity contribution in [2.24, 2.45) is 5.73 Å². The van der Waals surface area contributed by atoms with E-state index in [-0.39, 0.29) is 24.7 Å². The summed E-state index contributed by atoms with van der Waals surface area (Å²) in [6.07, 6.45) is -0.125. The lowest BCUT2D eigenvalue weighted by atomic mass is 10.2. The fraction of sp³-hybridized carbons (Fsp3) is 0.364. The normalized spacial score (nSPS) is 16.6. The number of sulfonamides is 1. The average molecular weight is 507 g/mol. The lowest BCUT2D eigenvalue weighted by Gasteiger charge is -2.27. The van der Waals surface area contributed by atoms with Crippen molar-refractivity contribution in [1.82, 2.24) is 20.1 Å². The number of nitrogens with two attached hydrogens (primary N) is 1. The highest BCUT2D eigenvalue weighted by atomic mass is 32.2. The second kappa shape index (κ2) is 10.4. The minimum absolute atomic E-state index is 0.0575. The van der Waals surface area contributed by atoms with Gasteiger partial charge >= 0.3 is 6.43 Å². The minimum Gasteiger partial charge on any atom is -0.415 e. The summed E-state index contributed by atoms with van der Waals surface area (Å²) in [6, 6.07) is 11.2. The van der Waals surface area contributed by atoms with Crippen LogP contribution in [-0.2, 0) is 21.4 Å². The van der Waals surface area contributed by atoms with E-state index in [1.165, 1.54) is 10.5 Å². The van der Waals surface area contributed by atoms with Crippen molar-refractivity contribution in [2.45, 2.75) is 31.9 Å². The first kappa shape index (κ1) is 24.7. The molecule has 0 aliphatic carbocycles. The minimum atomic E-state index is -3.80. The van der Waals surface area contributed by atoms with Crippen LogP contribution in [-0.4, -0.2) is 59.3 Å². The van der Waals surface area contributed by atoms with Gasteiger partial charge in [0.05, 0.1) is 35.3 Å². The van der Waals surface area contributed by atoms with Crippen LogP contribution in [0.2, 0.25) is 0 Å². The lowest BCUT2D eigenvalue weighted by molar-refractivity contribution is -0.122. The molecule has 0 radical (unpaired) electrons. The van der Waals surface area contributed by atoms with Gasteiger partial charge in [0.1, 0.15) is 0 Å². The highest BCUT2D eigenvalue weighted by Crippen LogP contribution is 2.25. The van der Waals surface area contributed by atoms with Crippen molar-refractivity contribution in [3.63, 3.8) is 0 Å². The lowest BCUT2D eigenvalue weighted by Crippen LogP contribution is -2.44. The van der Waals surface area contributed by atoms with Crippen molar-refractivity contribution in [3.8, 4) is 11.5 Å². The number of carbonyl (C=O) groups excluding carboxylic acids is 1. The molecule has 4 rings (SSSR count). The van der Waals surface area contributed by atoms with Crippen LogP contribution < -0.4 is 10.0 Å². The number of rotatable bonds is 10. The SMILES string of the molecule is NC(=O)[C@H]1CCCN1CCS(=O)(=O)N(Cc1ccc(-c2nnc(C(F)F)o2)cn1)c1ccccc1. The monoisotopic (exact) mass is 506 g/mol. The smallest absolute Gasteiger partial charge is 0.314 e. The van der Waals surface area contributed by atoms with Crippen molar-refractivity contribution in [3.05, 3.63) is 60.2 Å². The van der Waals surface area contributed by atoms with Gasteiger partial charge in [-0.3, -0.25) is 19.0 Å². The van der Waals surface area contributed by atoms with Crippen molar-refractivity contribution in [2.75, 3.05) is 23.1 Å². The largest absolute Gasteiger partial charge is 0.415 e. The van der Waals surface area contributed by atoms with Crippen LogP contribution in [0, 0.1) is 0 Å². The number of aromatic nitrogens is 3. The van der Waals surface area contributed by atoms with E-state index in [0.29, 0.717) is 29.9 Å². The van der Waals surface area contributed by atoms with Gasteiger partial charge in [0.2, 0.25) is 21.8 Å². The molecule has 1 fully saturated rings. The third-order valence-corrected chi connectivity index (χ3v) is 7.42. The van der Waals surface area contributed by atoms with Crippen LogP contribution in [0.5, 0.6) is 0 Å². The van der Waals surface area contributed by atoms with Crippen LogP contribution in [0.15, 0.2) is 53.1 Å². The number of likely N-dealkylation sites (tertiary alicyclic amines) is 1. The number of halogens is 2. The molecule has 0 saturated carbocycles. The Hall–Kier alpha value is -3.45. The Morgan fingerprint density at radius 3 is 2.60 bits per heavy atom. The van der Waals surface area contributed by atoms with E-state index in [2.05, 4.69) is 15.2 Å². The Bertz CT molecular complexity index is 1250. The Morgan fingerprint density at radius 2 is 1.97 bits per heavy atom. The molecule has 0 bridgehead atoms. The van der Waals surface area contributed by atoms with Gasteiger partial charge in [-0.05, 0) is 43.7 Å². The molecule has 1 atom stereocenters. The number of carbonyl (C=O) groups is 1. The molecule has 1 aliphatic heterocycles. The Balaban J connectivity index is 1.52. The number of anilines is 1. The Kier molecular flexibility index (Phi) is 7.36. The van der Waals surface area contributed by atoms with Crippen LogP contribution >= 0.6 is 0 Å². The van der Waals surface area contributed by atoms with Crippen molar-refractivity contribution < 1.29 is 26.4 Å². The molecule has 0 unspecified atom stereocenters. The zero-order valence-corrected chi connectivity index (χ0v) is 19.4. The number of primary amides is 1. The Labute approximate surface area is 200 Å². The van der Waals surface area contributed by atoms with E-state index in [1.54, 1.807) is 47.4 Å². The van der Waals surface area contributed by atoms with Crippen molar-refractivity contribution in [1.29, 1.82) is 0 Å². The zero-order chi connectivity index (χ0) is 25.0. The average Bonchev–Trinajstić information content (AvgIpc) is 3.52. The number of para-hydroxylation sites is 1. The summed E-state index contributed by atoms with van der Waals surface area (Å²) in [6.45, 7) is 0.730. The first-order valence-electron chi connectivity index (χ1n) is 10.9. The first-order chi connectivity index (χ1) is 16.7. The topological polar surface area (TPSA) is 136 Å². The summed E-state index contributed by atoms with van der Waals surface area (Å²) in [7, 11) is -3.80. The standard InChI is InChI=1S/C22H24F2N6O4S/c23-19(24)22-28-27-21(34-22)15-8-9-16(26-13-15)14-30(17-5-2-1-3-6-17)35(32,33)12-11-29-10-4-7-18(29)20(25)31/h1-3,5-6,8-9,13,18-19H,4,7,10-12,14H2,(H2,25,31)/t18-/m1/s1. The molecule has 2 aromatic heterocycles. The van der Waals surface area contributed by atoms with Gasteiger partial charge in [-0.15, -0.1) is 10.2 Å². The van der Waals surface area contributed by atoms with Gasteiger partial charge in [-0.25, -0.2) is 8.42 Å². The molecule has 1 aliphatic rings. The summed E-state index contributed by atoms with van der Waals surface area (Å²) in [5, 5.41) is 6.87. The van der Waals surface area contributed by atoms with Gasteiger partial charge in [0.15, 0.2) is 0 Å². The Morgan fingerprint density at radius 1 is 1.20 bits per heavy atom. The van der Waals surface area contributed by atoms with Crippen LogP contribution in [0.25, 0.3) is 11.5 Å². The number of amides is 1. The summed E-state index contributed by atoms with van der Waals surface area (Å²) in [5.41, 5.74) is 6.66. The van der Waals surface area contributed by atoms with Crippen LogP contribution in [0.3, 0.4) is 0 Å². The second-order valence-corrected chi connectivity index (χ2v) is 10.1. The van der Waals surface area contributed by atoms with Gasteiger partial charge < -0.3 is 10.2 Å². The molecular formula is C22H24F2N6O4S. The molecule has 10 nitrogen and oxygen atoms in total. The van der Waals surface area contributed by atoms with E-state index in [9.17, 15) is 22.0 Å². The van der Waals surface area contributed by atoms with Crippen LogP contribution in [0.1, 0.15) is 30.9 Å². The maximum Gasteiger partial charge on any atom is 0.314 e. The molecule has 2 N–H and O–H groups in total. The number of nitrogens with zero attached hydrogens (tertiary/aromatic N) is 5. The van der Waals surface area contributed by atoms with Gasteiger partial charge in [0.25, 0.3) is 5.89 Å². The predicted octanol–water partition coefficient (Wildman–Crippen LogP) is 2.36. The molecule has 3 aromatic rings. The van der Waals surface area contributed by atoms with E-state index in [4.69, 9.17) is 10.2 Å². The number of benzene rings is 1. The molecule has 0 spiro atoms. The quantitative estimate of drug-likeness (QED) is 0.443.